The number of benzene rings is 2. The first-order valence-electron chi connectivity index (χ1n) is 10.3. The maximum atomic E-state index is 11.3. The summed E-state index contributed by atoms with van der Waals surface area (Å²) in [5.41, 5.74) is 1.87. The van der Waals surface area contributed by atoms with E-state index in [4.69, 9.17) is 22.4 Å². The van der Waals surface area contributed by atoms with Crippen molar-refractivity contribution in [3.8, 4) is 0 Å². The van der Waals surface area contributed by atoms with Gasteiger partial charge in [-0.25, -0.2) is 14.6 Å². The van der Waals surface area contributed by atoms with E-state index in [9.17, 15) is 19.2 Å². The molecule has 3 rings (SSSR count). The minimum Gasteiger partial charge on any atom is -0.478 e. The number of rotatable bonds is 5. The van der Waals surface area contributed by atoms with Crippen LogP contribution in [0.3, 0.4) is 0 Å². The molecule has 1 heterocycles. The molecule has 0 aromatic heterocycles. The molecule has 0 radical (unpaired) electrons. The number of methoxy groups -OCH3 is 1. The number of carbonyl (C=O) groups is 4. The Bertz CT molecular complexity index is 1140. The van der Waals surface area contributed by atoms with Crippen molar-refractivity contribution in [2.24, 2.45) is 4.99 Å². The van der Waals surface area contributed by atoms with Crippen LogP contribution in [0.15, 0.2) is 53.5 Å². The van der Waals surface area contributed by atoms with Gasteiger partial charge in [-0.3, -0.25) is 14.5 Å². The maximum absolute atomic E-state index is 11.3. The fraction of sp³-hybridized carbons (Fsp3) is 0.217. The van der Waals surface area contributed by atoms with Gasteiger partial charge in [-0.1, -0.05) is 27.7 Å². The van der Waals surface area contributed by atoms with E-state index in [1.807, 2.05) is 0 Å². The summed E-state index contributed by atoms with van der Waals surface area (Å²) >= 11 is 9.16. The molecule has 2 aromatic carbocycles. The van der Waals surface area contributed by atoms with E-state index >= 15 is 0 Å². The van der Waals surface area contributed by atoms with Crippen LogP contribution in [0, 0.1) is 0 Å². The number of ether oxygens (including phenoxy) is 1. The Hall–Kier alpha value is -3.49. The lowest BCUT2D eigenvalue weighted by molar-refractivity contribution is -0.137. The van der Waals surface area contributed by atoms with E-state index in [0.717, 1.165) is 5.69 Å². The molecule has 198 valence electrons. The Labute approximate surface area is 231 Å². The van der Waals surface area contributed by atoms with Crippen molar-refractivity contribution in [1.82, 2.24) is 10.2 Å². The van der Waals surface area contributed by atoms with Crippen molar-refractivity contribution in [3.05, 3.63) is 59.7 Å². The summed E-state index contributed by atoms with van der Waals surface area (Å²) in [6, 6.07) is 12.6. The van der Waals surface area contributed by atoms with Gasteiger partial charge < -0.3 is 25.6 Å². The fourth-order valence-corrected chi connectivity index (χ4v) is 3.53. The largest absolute Gasteiger partial charge is 0.478 e. The lowest BCUT2D eigenvalue weighted by atomic mass is 10.2. The maximum Gasteiger partial charge on any atom is 0.335 e. The summed E-state index contributed by atoms with van der Waals surface area (Å²) in [6.07, 6.45) is 0. The van der Waals surface area contributed by atoms with Crippen LogP contribution < -0.4 is 10.6 Å². The van der Waals surface area contributed by atoms with Gasteiger partial charge in [0, 0.05) is 19.8 Å². The van der Waals surface area contributed by atoms with Gasteiger partial charge in [0.1, 0.15) is 5.33 Å². The van der Waals surface area contributed by atoms with Gasteiger partial charge in [-0.15, -0.1) is 0 Å². The van der Waals surface area contributed by atoms with Gasteiger partial charge >= 0.3 is 17.9 Å². The molecule has 11 nitrogen and oxygen atoms in total. The molecule has 1 fully saturated rings. The van der Waals surface area contributed by atoms with Crippen molar-refractivity contribution >= 4 is 85.4 Å². The predicted octanol–water partition coefficient (Wildman–Crippen LogP) is 3.43. The number of amidine groups is 1. The zero-order valence-corrected chi connectivity index (χ0v) is 23.3. The molecule has 1 aliphatic heterocycles. The monoisotopic (exact) mass is 612 g/mol. The molecule has 1 aliphatic rings. The van der Waals surface area contributed by atoms with Crippen LogP contribution in [0.1, 0.15) is 20.7 Å². The molecule has 0 bridgehead atoms. The summed E-state index contributed by atoms with van der Waals surface area (Å²) < 4.78 is 4.21. The van der Waals surface area contributed by atoms with E-state index in [1.54, 1.807) is 38.4 Å². The Morgan fingerprint density at radius 1 is 1.08 bits per heavy atom. The van der Waals surface area contributed by atoms with E-state index in [-0.39, 0.29) is 28.3 Å². The lowest BCUT2D eigenvalue weighted by Crippen LogP contribution is -2.24. The van der Waals surface area contributed by atoms with Gasteiger partial charge in [0.25, 0.3) is 0 Å². The molecule has 4 N–H and O–H groups in total. The Balaban J connectivity index is 0.000000309. The smallest absolute Gasteiger partial charge is 0.335 e. The first kappa shape index (κ1) is 31.5. The third kappa shape index (κ3) is 11.4. The molecule has 2 aromatic rings. The number of hydrogen-bond acceptors (Lipinski definition) is 8. The van der Waals surface area contributed by atoms with Gasteiger partial charge in [0.15, 0.2) is 10.3 Å². The third-order valence-corrected chi connectivity index (χ3v) is 6.06. The summed E-state index contributed by atoms with van der Waals surface area (Å²) in [5.74, 6) is -1.71. The molecular weight excluding hydrogens is 588 g/mol. The second-order valence-electron chi connectivity index (χ2n) is 6.78. The van der Waals surface area contributed by atoms with Gasteiger partial charge in [0.05, 0.1) is 29.7 Å². The van der Waals surface area contributed by atoms with Crippen molar-refractivity contribution in [2.75, 3.05) is 37.6 Å². The number of esters is 1. The second kappa shape index (κ2) is 16.3. The van der Waals surface area contributed by atoms with Crippen LogP contribution in [0.2, 0.25) is 0 Å². The van der Waals surface area contributed by atoms with Crippen molar-refractivity contribution in [1.29, 1.82) is 0 Å². The number of amides is 1. The molecular formula is C23H25BrN4O7S2. The summed E-state index contributed by atoms with van der Waals surface area (Å²) in [4.78, 5) is 48.1. The van der Waals surface area contributed by atoms with Gasteiger partial charge in [0.2, 0.25) is 5.91 Å². The molecule has 0 aliphatic carbocycles. The number of carboxylic acids is 2. The van der Waals surface area contributed by atoms with Gasteiger partial charge in [-0.2, -0.15) is 0 Å². The number of thioether (sulfide) groups is 1. The number of hydrogen-bond donors (Lipinski definition) is 4. The number of thiocarbonyl (C=S) groups is 1. The predicted molar refractivity (Wildman–Crippen MR) is 150 cm³/mol. The number of nitrogens with one attached hydrogen (secondary N) is 2. The van der Waals surface area contributed by atoms with Crippen LogP contribution in [0.4, 0.5) is 11.4 Å². The average molecular weight is 614 g/mol. The number of nitrogens with zero attached hydrogens (tertiary/aromatic N) is 2. The van der Waals surface area contributed by atoms with Crippen LogP contribution in [0.25, 0.3) is 0 Å². The Morgan fingerprint density at radius 3 is 1.95 bits per heavy atom. The fourth-order valence-electron chi connectivity index (χ4n) is 2.27. The molecule has 0 atom stereocenters. The third-order valence-electron chi connectivity index (χ3n) is 4.28. The Kier molecular flexibility index (Phi) is 13.9. The molecule has 37 heavy (non-hydrogen) atoms. The topological polar surface area (TPSA) is 158 Å². The highest BCUT2D eigenvalue weighted by Gasteiger charge is 2.24. The number of halogens is 1. The minimum atomic E-state index is -0.966. The van der Waals surface area contributed by atoms with Crippen LogP contribution >= 0.6 is 39.9 Å². The molecule has 14 heteroatoms. The number of anilines is 1. The molecule has 1 saturated heterocycles. The normalized spacial score (nSPS) is 12.9. The highest BCUT2D eigenvalue weighted by Crippen LogP contribution is 2.22. The standard InChI is InChI=1S/C11H10N2O3S.C9H10N2O2S.C3H5BrO2/c1-13-9(14)6-17-11(13)12-8-4-2-7(3-5-8)10(15)16;1-10-9(14)11-7-4-2-6(3-5-7)8(12)13;1-6-3(5)2-4/h2-5H,6H2,1H3,(H,15,16);2-5H,1H3,(H,12,13)(H2,10,11,14);2H2,1H3. The number of carbonyl (C=O) groups excluding carboxylic acids is 2. The van der Waals surface area contributed by atoms with E-state index < -0.39 is 11.9 Å². The van der Waals surface area contributed by atoms with Gasteiger partial charge in [-0.05, 0) is 60.7 Å². The highest BCUT2D eigenvalue weighted by atomic mass is 79.9. The number of alkyl halides is 1. The van der Waals surface area contributed by atoms with Crippen LogP contribution in [-0.2, 0) is 14.3 Å². The summed E-state index contributed by atoms with van der Waals surface area (Å²) in [5, 5.41) is 24.4. The zero-order chi connectivity index (χ0) is 28.0. The van der Waals surface area contributed by atoms with Crippen molar-refractivity contribution < 1.29 is 34.1 Å². The number of carboxylic acid groups (broad SMARTS) is 2. The van der Waals surface area contributed by atoms with Crippen LogP contribution in [-0.4, -0.2) is 81.5 Å². The molecule has 0 saturated carbocycles. The number of aliphatic imine (C=N–C) groups is 1. The van der Waals surface area contributed by atoms with E-state index in [0.29, 0.717) is 21.7 Å². The minimum absolute atomic E-state index is 0.0240. The molecule has 0 unspecified atom stereocenters. The van der Waals surface area contributed by atoms with E-state index in [2.05, 4.69) is 36.3 Å². The second-order valence-corrected chi connectivity index (χ2v) is 8.70. The first-order valence-corrected chi connectivity index (χ1v) is 12.8. The zero-order valence-electron chi connectivity index (χ0n) is 20.1. The lowest BCUT2D eigenvalue weighted by Gasteiger charge is -2.07. The Morgan fingerprint density at radius 2 is 1.59 bits per heavy atom. The summed E-state index contributed by atoms with van der Waals surface area (Å²) in [6.45, 7) is 0. The number of aromatic carboxylic acids is 2. The van der Waals surface area contributed by atoms with E-state index in [1.165, 1.54) is 48.0 Å². The average Bonchev–Trinajstić information content (AvgIpc) is 3.21. The molecule has 0 spiro atoms. The van der Waals surface area contributed by atoms with Crippen LogP contribution in [0.5, 0.6) is 0 Å². The van der Waals surface area contributed by atoms with Crippen molar-refractivity contribution in [2.45, 2.75) is 0 Å². The summed E-state index contributed by atoms with van der Waals surface area (Å²) in [7, 11) is 4.73. The SMILES string of the molecule is CN1C(=O)CSC1=Nc1ccc(C(=O)O)cc1.CNC(=S)Nc1ccc(C(=O)O)cc1.COC(=O)CBr. The first-order chi connectivity index (χ1) is 17.5. The molecule has 1 amide bonds. The van der Waals surface area contributed by atoms with Crippen molar-refractivity contribution in [3.63, 3.8) is 0 Å². The highest BCUT2D eigenvalue weighted by molar-refractivity contribution is 9.09. The quantitative estimate of drug-likeness (QED) is 0.223.